The first-order valence-corrected chi connectivity index (χ1v) is 6.71. The number of fused-ring (bicyclic) bond motifs is 1. The van der Waals surface area contributed by atoms with Gasteiger partial charge in [0.25, 0.3) is 0 Å². The highest BCUT2D eigenvalue weighted by Gasteiger charge is 2.22. The molecular weight excluding hydrogens is 218 g/mol. The molecule has 0 heterocycles. The summed E-state index contributed by atoms with van der Waals surface area (Å²) in [5.41, 5.74) is 4.39. The topological polar surface area (TPSA) is 12.0 Å². The zero-order valence-electron chi connectivity index (χ0n) is 10.8. The van der Waals surface area contributed by atoms with Crippen molar-refractivity contribution >= 4 is 0 Å². The van der Waals surface area contributed by atoms with Gasteiger partial charge in [0.1, 0.15) is 0 Å². The van der Waals surface area contributed by atoms with E-state index in [0.717, 1.165) is 12.8 Å². The summed E-state index contributed by atoms with van der Waals surface area (Å²) < 4.78 is 0. The van der Waals surface area contributed by atoms with Crippen LogP contribution < -0.4 is 5.32 Å². The predicted molar refractivity (Wildman–Crippen MR) is 75.6 cm³/mol. The average molecular weight is 237 g/mol. The molecule has 18 heavy (non-hydrogen) atoms. The van der Waals surface area contributed by atoms with Crippen LogP contribution >= 0.6 is 0 Å². The minimum atomic E-state index is 0.422. The molecular formula is C17H19N. The third-order valence-corrected chi connectivity index (χ3v) is 3.84. The number of hydrogen-bond acceptors (Lipinski definition) is 1. The third-order valence-electron chi connectivity index (χ3n) is 3.84. The fourth-order valence-electron chi connectivity index (χ4n) is 2.87. The van der Waals surface area contributed by atoms with Crippen LogP contribution in [0.3, 0.4) is 0 Å². The van der Waals surface area contributed by atoms with Crippen LogP contribution in [0, 0.1) is 0 Å². The number of rotatable bonds is 3. The first kappa shape index (κ1) is 11.5. The Kier molecular flexibility index (Phi) is 3.16. The summed E-state index contributed by atoms with van der Waals surface area (Å²) in [5.74, 6) is 0. The molecule has 1 N–H and O–H groups in total. The van der Waals surface area contributed by atoms with E-state index in [0.29, 0.717) is 12.1 Å². The van der Waals surface area contributed by atoms with Crippen molar-refractivity contribution in [2.75, 3.05) is 0 Å². The lowest BCUT2D eigenvalue weighted by atomic mass is 10.1. The molecule has 3 rings (SSSR count). The van der Waals surface area contributed by atoms with Gasteiger partial charge in [-0.15, -0.1) is 0 Å². The Balaban J connectivity index is 1.66. The highest BCUT2D eigenvalue weighted by atomic mass is 14.9. The Bertz CT molecular complexity index is 493. The van der Waals surface area contributed by atoms with Crippen LogP contribution in [0.15, 0.2) is 54.6 Å². The molecule has 1 aliphatic rings. The van der Waals surface area contributed by atoms with Gasteiger partial charge < -0.3 is 5.32 Å². The molecule has 0 aliphatic heterocycles. The molecule has 0 fully saturated rings. The quantitative estimate of drug-likeness (QED) is 0.861. The first-order chi connectivity index (χ1) is 8.83. The second-order valence-corrected chi connectivity index (χ2v) is 5.17. The van der Waals surface area contributed by atoms with Crippen LogP contribution in [0.25, 0.3) is 0 Å². The largest absolute Gasteiger partial charge is 0.307 e. The van der Waals surface area contributed by atoms with Crippen LogP contribution in [0.1, 0.15) is 29.7 Å². The molecule has 0 spiro atoms. The van der Waals surface area contributed by atoms with Crippen molar-refractivity contribution in [3.05, 3.63) is 71.3 Å². The zero-order chi connectivity index (χ0) is 12.4. The van der Waals surface area contributed by atoms with E-state index in [-0.39, 0.29) is 0 Å². The summed E-state index contributed by atoms with van der Waals surface area (Å²) in [6, 6.07) is 20.5. The molecule has 1 aliphatic carbocycles. The van der Waals surface area contributed by atoms with Gasteiger partial charge in [0.05, 0.1) is 0 Å². The summed E-state index contributed by atoms with van der Waals surface area (Å²) in [5, 5.41) is 3.74. The Morgan fingerprint density at radius 1 is 0.889 bits per heavy atom. The zero-order valence-corrected chi connectivity index (χ0v) is 10.8. The van der Waals surface area contributed by atoms with E-state index in [1.54, 1.807) is 0 Å². The van der Waals surface area contributed by atoms with Gasteiger partial charge in [0.15, 0.2) is 0 Å². The van der Waals surface area contributed by atoms with Crippen LogP contribution in [0.4, 0.5) is 0 Å². The first-order valence-electron chi connectivity index (χ1n) is 6.71. The van der Waals surface area contributed by atoms with E-state index in [2.05, 4.69) is 66.8 Å². The predicted octanol–water partition coefficient (Wildman–Crippen LogP) is 3.50. The Morgan fingerprint density at radius 3 is 2.06 bits per heavy atom. The highest BCUT2D eigenvalue weighted by molar-refractivity contribution is 5.33. The van der Waals surface area contributed by atoms with Crippen LogP contribution in [0.2, 0.25) is 0 Å². The average Bonchev–Trinajstić information content (AvgIpc) is 2.82. The van der Waals surface area contributed by atoms with E-state index >= 15 is 0 Å². The van der Waals surface area contributed by atoms with Crippen LogP contribution in [-0.4, -0.2) is 6.04 Å². The lowest BCUT2D eigenvalue weighted by Gasteiger charge is -2.19. The molecule has 0 radical (unpaired) electrons. The maximum Gasteiger partial charge on any atom is 0.0294 e. The molecule has 0 saturated carbocycles. The Hall–Kier alpha value is -1.60. The molecule has 0 unspecified atom stereocenters. The van der Waals surface area contributed by atoms with E-state index in [9.17, 15) is 0 Å². The fourth-order valence-corrected chi connectivity index (χ4v) is 2.87. The van der Waals surface area contributed by atoms with Gasteiger partial charge in [-0.3, -0.25) is 0 Å². The molecule has 0 aromatic heterocycles. The van der Waals surface area contributed by atoms with Gasteiger partial charge in [0.2, 0.25) is 0 Å². The standard InChI is InChI=1S/C17H19N/c1-13(14-7-3-2-4-8-14)18-17-11-15-9-5-6-10-16(15)12-17/h2-10,13,17-18H,11-12H2,1H3/t13-/m0/s1. The normalized spacial score (nSPS) is 16.5. The number of benzene rings is 2. The molecule has 0 amide bonds. The second kappa shape index (κ2) is 4.95. The smallest absolute Gasteiger partial charge is 0.0294 e. The fraction of sp³-hybridized carbons (Fsp3) is 0.294. The number of nitrogens with one attached hydrogen (secondary N) is 1. The summed E-state index contributed by atoms with van der Waals surface area (Å²) in [7, 11) is 0. The monoisotopic (exact) mass is 237 g/mol. The van der Waals surface area contributed by atoms with Crippen molar-refractivity contribution in [1.29, 1.82) is 0 Å². The van der Waals surface area contributed by atoms with Gasteiger partial charge in [-0.25, -0.2) is 0 Å². The van der Waals surface area contributed by atoms with Gasteiger partial charge in [-0.2, -0.15) is 0 Å². The lowest BCUT2D eigenvalue weighted by Crippen LogP contribution is -2.31. The molecule has 0 bridgehead atoms. The van der Waals surface area contributed by atoms with Gasteiger partial charge >= 0.3 is 0 Å². The van der Waals surface area contributed by atoms with Crippen LogP contribution in [0.5, 0.6) is 0 Å². The van der Waals surface area contributed by atoms with Crippen molar-refractivity contribution in [3.8, 4) is 0 Å². The summed E-state index contributed by atoms with van der Waals surface area (Å²) in [4.78, 5) is 0. The Morgan fingerprint density at radius 2 is 1.44 bits per heavy atom. The molecule has 1 heteroatoms. The molecule has 2 aromatic rings. The van der Waals surface area contributed by atoms with E-state index in [1.807, 2.05) is 0 Å². The maximum absolute atomic E-state index is 3.74. The molecule has 1 nitrogen and oxygen atoms in total. The molecule has 2 aromatic carbocycles. The van der Waals surface area contributed by atoms with E-state index < -0.39 is 0 Å². The van der Waals surface area contributed by atoms with Crippen molar-refractivity contribution in [2.24, 2.45) is 0 Å². The minimum Gasteiger partial charge on any atom is -0.307 e. The summed E-state index contributed by atoms with van der Waals surface area (Å²) >= 11 is 0. The number of hydrogen-bond donors (Lipinski definition) is 1. The van der Waals surface area contributed by atoms with E-state index in [1.165, 1.54) is 16.7 Å². The third kappa shape index (κ3) is 2.32. The van der Waals surface area contributed by atoms with Crippen LogP contribution in [-0.2, 0) is 12.8 Å². The molecule has 92 valence electrons. The van der Waals surface area contributed by atoms with Crippen molar-refractivity contribution in [1.82, 2.24) is 5.32 Å². The summed E-state index contributed by atoms with van der Waals surface area (Å²) in [6.45, 7) is 2.25. The Labute approximate surface area is 109 Å². The maximum atomic E-state index is 3.74. The lowest BCUT2D eigenvalue weighted by molar-refractivity contribution is 0.467. The molecule has 0 saturated heterocycles. The van der Waals surface area contributed by atoms with Crippen molar-refractivity contribution in [3.63, 3.8) is 0 Å². The van der Waals surface area contributed by atoms with E-state index in [4.69, 9.17) is 0 Å². The molecule has 1 atom stereocenters. The SMILES string of the molecule is C[C@H](NC1Cc2ccccc2C1)c1ccccc1. The van der Waals surface area contributed by atoms with Gasteiger partial charge in [-0.1, -0.05) is 54.6 Å². The highest BCUT2D eigenvalue weighted by Crippen LogP contribution is 2.23. The van der Waals surface area contributed by atoms with Crippen molar-refractivity contribution < 1.29 is 0 Å². The van der Waals surface area contributed by atoms with Gasteiger partial charge in [0, 0.05) is 12.1 Å². The van der Waals surface area contributed by atoms with Crippen molar-refractivity contribution in [2.45, 2.75) is 31.8 Å². The minimum absolute atomic E-state index is 0.422. The van der Waals surface area contributed by atoms with Gasteiger partial charge in [-0.05, 0) is 36.5 Å². The summed E-state index contributed by atoms with van der Waals surface area (Å²) in [6.07, 6.45) is 2.32. The second-order valence-electron chi connectivity index (χ2n) is 5.17.